The maximum atomic E-state index is 13.1. The molecule has 0 amide bonds. The fourth-order valence-electron chi connectivity index (χ4n) is 1.68. The van der Waals surface area contributed by atoms with Crippen LogP contribution in [0, 0.1) is 9.39 Å². The Morgan fingerprint density at radius 2 is 2.35 bits per heavy atom. The van der Waals surface area contributed by atoms with Crippen molar-refractivity contribution in [3.63, 3.8) is 0 Å². The van der Waals surface area contributed by atoms with E-state index in [4.69, 9.17) is 0 Å². The lowest BCUT2D eigenvalue weighted by Crippen LogP contribution is -2.19. The summed E-state index contributed by atoms with van der Waals surface area (Å²) in [7, 11) is 1.91. The monoisotopic (exact) mass is 362 g/mol. The van der Waals surface area contributed by atoms with Crippen LogP contribution >= 0.6 is 33.9 Å². The van der Waals surface area contributed by atoms with E-state index in [2.05, 4.69) is 32.9 Å². The molecule has 5 heteroatoms. The highest BCUT2D eigenvalue weighted by atomic mass is 127. The predicted octanol–water partition coefficient (Wildman–Crippen LogP) is 3.39. The molecule has 1 aromatic carbocycles. The van der Waals surface area contributed by atoms with E-state index in [1.165, 1.54) is 6.07 Å². The van der Waals surface area contributed by atoms with Crippen molar-refractivity contribution in [3.8, 4) is 0 Å². The molecule has 1 N–H and O–H groups in total. The third-order valence-electron chi connectivity index (χ3n) is 2.55. The number of nitrogens with one attached hydrogen (secondary N) is 1. The molecule has 0 aliphatic rings. The molecule has 0 radical (unpaired) electrons. The highest BCUT2D eigenvalue weighted by Crippen LogP contribution is 2.24. The number of hydrogen-bond donors (Lipinski definition) is 1. The fraction of sp³-hybridized carbons (Fsp3) is 0.250. The second kappa shape index (κ2) is 5.88. The van der Waals surface area contributed by atoms with Crippen LogP contribution in [0.15, 0.2) is 29.8 Å². The first-order chi connectivity index (χ1) is 8.20. The van der Waals surface area contributed by atoms with E-state index in [1.807, 2.05) is 24.7 Å². The summed E-state index contributed by atoms with van der Waals surface area (Å²) in [5.41, 5.74) is 1.12. The van der Waals surface area contributed by atoms with Gasteiger partial charge in [-0.3, -0.25) is 0 Å². The molecule has 1 aromatic heterocycles. The van der Waals surface area contributed by atoms with Crippen LogP contribution < -0.4 is 5.32 Å². The third-order valence-corrected chi connectivity index (χ3v) is 4.28. The normalized spacial score (nSPS) is 12.6. The number of likely N-dealkylation sites (N-methyl/N-ethyl adjacent to an activating group) is 1. The van der Waals surface area contributed by atoms with Crippen LogP contribution in [0.2, 0.25) is 0 Å². The minimum absolute atomic E-state index is 0.175. The van der Waals surface area contributed by atoms with Gasteiger partial charge in [0.15, 0.2) is 0 Å². The second-order valence-electron chi connectivity index (χ2n) is 3.64. The van der Waals surface area contributed by atoms with Gasteiger partial charge in [0, 0.05) is 27.6 Å². The van der Waals surface area contributed by atoms with E-state index in [9.17, 15) is 4.39 Å². The minimum Gasteiger partial charge on any atom is -0.313 e. The zero-order valence-electron chi connectivity index (χ0n) is 9.28. The van der Waals surface area contributed by atoms with Crippen molar-refractivity contribution in [2.45, 2.75) is 12.5 Å². The largest absolute Gasteiger partial charge is 0.313 e. The molecule has 1 unspecified atom stereocenters. The summed E-state index contributed by atoms with van der Waals surface area (Å²) in [5, 5.41) is 6.31. The Balaban J connectivity index is 2.23. The maximum absolute atomic E-state index is 13.1. The van der Waals surface area contributed by atoms with E-state index >= 15 is 0 Å². The van der Waals surface area contributed by atoms with Crippen molar-refractivity contribution in [2.75, 3.05) is 7.05 Å². The van der Waals surface area contributed by atoms with Crippen LogP contribution in [0.5, 0.6) is 0 Å². The maximum Gasteiger partial charge on any atom is 0.124 e. The highest BCUT2D eigenvalue weighted by Gasteiger charge is 2.14. The molecular weight excluding hydrogens is 350 g/mol. The topological polar surface area (TPSA) is 24.9 Å². The Morgan fingerprint density at radius 3 is 2.94 bits per heavy atom. The quantitative estimate of drug-likeness (QED) is 0.844. The Bertz CT molecular complexity index is 487. The van der Waals surface area contributed by atoms with Gasteiger partial charge in [-0.1, -0.05) is 6.07 Å². The number of nitrogens with zero attached hydrogens (tertiary/aromatic N) is 1. The molecule has 1 heterocycles. The van der Waals surface area contributed by atoms with Crippen LogP contribution in [-0.4, -0.2) is 12.0 Å². The smallest absolute Gasteiger partial charge is 0.124 e. The molecule has 0 spiro atoms. The Hall–Kier alpha value is -0.530. The summed E-state index contributed by atoms with van der Waals surface area (Å²) >= 11 is 3.81. The summed E-state index contributed by atoms with van der Waals surface area (Å²) in [4.78, 5) is 4.28. The first kappa shape index (κ1) is 12.9. The summed E-state index contributed by atoms with van der Waals surface area (Å²) in [6, 6.07) is 5.08. The summed E-state index contributed by atoms with van der Waals surface area (Å²) in [5.74, 6) is -0.192. The lowest BCUT2D eigenvalue weighted by atomic mass is 10.0. The Labute approximate surface area is 117 Å². The number of hydrogen-bond acceptors (Lipinski definition) is 3. The average Bonchev–Trinajstić information content (AvgIpc) is 2.79. The van der Waals surface area contributed by atoms with Crippen molar-refractivity contribution in [2.24, 2.45) is 0 Å². The van der Waals surface area contributed by atoms with Crippen LogP contribution in [0.3, 0.4) is 0 Å². The van der Waals surface area contributed by atoms with Gasteiger partial charge in [0.05, 0.1) is 5.01 Å². The van der Waals surface area contributed by atoms with E-state index in [-0.39, 0.29) is 11.9 Å². The second-order valence-corrected chi connectivity index (χ2v) is 5.78. The van der Waals surface area contributed by atoms with E-state index in [1.54, 1.807) is 17.4 Å². The summed E-state index contributed by atoms with van der Waals surface area (Å²) < 4.78 is 14.0. The van der Waals surface area contributed by atoms with Crippen molar-refractivity contribution < 1.29 is 4.39 Å². The first-order valence-corrected chi connectivity index (χ1v) is 7.17. The van der Waals surface area contributed by atoms with Crippen LogP contribution in [-0.2, 0) is 6.42 Å². The number of thiazole rings is 1. The minimum atomic E-state index is -0.192. The molecule has 17 heavy (non-hydrogen) atoms. The van der Waals surface area contributed by atoms with Crippen molar-refractivity contribution in [3.05, 3.63) is 49.7 Å². The SMILES string of the molecule is CNC(Cc1nccs1)c1ccc(F)cc1I. The highest BCUT2D eigenvalue weighted by molar-refractivity contribution is 14.1. The first-order valence-electron chi connectivity index (χ1n) is 5.21. The van der Waals surface area contributed by atoms with Crippen LogP contribution in [0.25, 0.3) is 0 Å². The molecule has 0 fully saturated rings. The molecule has 2 aromatic rings. The molecular formula is C12H12FIN2S. The van der Waals surface area contributed by atoms with Gasteiger partial charge >= 0.3 is 0 Å². The van der Waals surface area contributed by atoms with Gasteiger partial charge < -0.3 is 5.32 Å². The van der Waals surface area contributed by atoms with E-state index < -0.39 is 0 Å². The number of benzene rings is 1. The third kappa shape index (κ3) is 3.23. The van der Waals surface area contributed by atoms with Crippen LogP contribution in [0.4, 0.5) is 4.39 Å². The molecule has 0 saturated carbocycles. The van der Waals surface area contributed by atoms with E-state index in [0.29, 0.717) is 0 Å². The number of rotatable bonds is 4. The fourth-order valence-corrected chi connectivity index (χ4v) is 3.20. The van der Waals surface area contributed by atoms with Gasteiger partial charge in [-0.05, 0) is 47.3 Å². The molecule has 90 valence electrons. The summed E-state index contributed by atoms with van der Waals surface area (Å²) in [6.07, 6.45) is 2.64. The molecule has 0 aliphatic carbocycles. The molecule has 1 atom stereocenters. The van der Waals surface area contributed by atoms with Crippen molar-refractivity contribution >= 4 is 33.9 Å². The van der Waals surface area contributed by atoms with Gasteiger partial charge in [-0.25, -0.2) is 9.37 Å². The predicted molar refractivity (Wildman–Crippen MR) is 76.7 cm³/mol. The number of aromatic nitrogens is 1. The lowest BCUT2D eigenvalue weighted by molar-refractivity contribution is 0.581. The Kier molecular flexibility index (Phi) is 4.47. The molecule has 0 aliphatic heterocycles. The van der Waals surface area contributed by atoms with Crippen molar-refractivity contribution in [1.29, 1.82) is 0 Å². The molecule has 0 saturated heterocycles. The van der Waals surface area contributed by atoms with Gasteiger partial charge in [0.25, 0.3) is 0 Å². The van der Waals surface area contributed by atoms with E-state index in [0.717, 1.165) is 20.6 Å². The van der Waals surface area contributed by atoms with Gasteiger partial charge in [-0.15, -0.1) is 11.3 Å². The van der Waals surface area contributed by atoms with Gasteiger partial charge in [-0.2, -0.15) is 0 Å². The average molecular weight is 362 g/mol. The molecule has 2 nitrogen and oxygen atoms in total. The summed E-state index contributed by atoms with van der Waals surface area (Å²) in [6.45, 7) is 0. The van der Waals surface area contributed by atoms with Crippen molar-refractivity contribution in [1.82, 2.24) is 10.3 Å². The Morgan fingerprint density at radius 1 is 1.53 bits per heavy atom. The van der Waals surface area contributed by atoms with Gasteiger partial charge in [0.1, 0.15) is 5.82 Å². The van der Waals surface area contributed by atoms with Gasteiger partial charge in [0.2, 0.25) is 0 Å². The zero-order valence-corrected chi connectivity index (χ0v) is 12.3. The molecule has 0 bridgehead atoms. The lowest BCUT2D eigenvalue weighted by Gasteiger charge is -2.17. The number of halogens is 2. The zero-order chi connectivity index (χ0) is 12.3. The molecule has 2 rings (SSSR count). The van der Waals surface area contributed by atoms with Crippen LogP contribution in [0.1, 0.15) is 16.6 Å². The standard InChI is InChI=1S/C12H12FIN2S/c1-15-11(7-12-16-4-5-17-12)9-3-2-8(13)6-10(9)14/h2-6,11,15H,7H2,1H3.